The van der Waals surface area contributed by atoms with Crippen molar-refractivity contribution in [1.82, 2.24) is 24.4 Å². The van der Waals surface area contributed by atoms with E-state index in [1.807, 2.05) is 0 Å². The lowest BCUT2D eigenvalue weighted by atomic mass is 9.90. The van der Waals surface area contributed by atoms with Crippen LogP contribution in [0.4, 0.5) is 13.2 Å². The van der Waals surface area contributed by atoms with E-state index in [2.05, 4.69) is 20.0 Å². The van der Waals surface area contributed by atoms with Crippen LogP contribution in [-0.4, -0.2) is 44.1 Å². The van der Waals surface area contributed by atoms with E-state index in [1.165, 1.54) is 25.4 Å². The van der Waals surface area contributed by atoms with Crippen molar-refractivity contribution in [3.63, 3.8) is 0 Å². The van der Waals surface area contributed by atoms with Crippen molar-refractivity contribution >= 4 is 22.9 Å². The standard InChI is InChI=1S/C27H22F3N5O5/c1-40-26(38)22-9-2-14(12-31-22)24(36)33-16-3-5-17(6-4-16)35-25(37)19-10-15(28)13-32-23(19)34(27(35)39)18-7-8-20(29)21(30)11-18/h2,7-13,16-17H,3-6H2,1H3,(H,33,36)/t16-,17+. The second-order valence-corrected chi connectivity index (χ2v) is 9.32. The number of aromatic nitrogens is 4. The molecule has 40 heavy (non-hydrogen) atoms. The van der Waals surface area contributed by atoms with Gasteiger partial charge in [-0.1, -0.05) is 0 Å². The van der Waals surface area contributed by atoms with E-state index in [0.717, 1.165) is 39.6 Å². The van der Waals surface area contributed by atoms with E-state index < -0.39 is 46.6 Å². The number of carbonyl (C=O) groups excluding carboxylic acids is 2. The minimum atomic E-state index is -1.20. The number of fused-ring (bicyclic) bond motifs is 1. The van der Waals surface area contributed by atoms with Gasteiger partial charge in [0.2, 0.25) is 0 Å². The summed E-state index contributed by atoms with van der Waals surface area (Å²) in [6.45, 7) is 0. The third kappa shape index (κ3) is 4.97. The molecule has 1 N–H and O–H groups in total. The first-order chi connectivity index (χ1) is 19.2. The Morgan fingerprint density at radius 1 is 0.950 bits per heavy atom. The number of esters is 1. The molecule has 1 aromatic carbocycles. The molecule has 3 aromatic heterocycles. The predicted octanol–water partition coefficient (Wildman–Crippen LogP) is 3.06. The third-order valence-corrected chi connectivity index (χ3v) is 6.87. The molecule has 13 heteroatoms. The van der Waals surface area contributed by atoms with Crippen molar-refractivity contribution in [2.45, 2.75) is 37.8 Å². The molecule has 0 saturated heterocycles. The van der Waals surface area contributed by atoms with Crippen LogP contribution < -0.4 is 16.6 Å². The predicted molar refractivity (Wildman–Crippen MR) is 136 cm³/mol. The van der Waals surface area contributed by atoms with Gasteiger partial charge in [-0.2, -0.15) is 0 Å². The number of halogens is 3. The Morgan fingerprint density at radius 3 is 2.35 bits per heavy atom. The zero-order valence-corrected chi connectivity index (χ0v) is 21.1. The monoisotopic (exact) mass is 553 g/mol. The Morgan fingerprint density at radius 2 is 1.70 bits per heavy atom. The molecule has 206 valence electrons. The molecule has 4 aromatic rings. The third-order valence-electron chi connectivity index (χ3n) is 6.87. The van der Waals surface area contributed by atoms with Gasteiger partial charge in [0.25, 0.3) is 11.5 Å². The number of ether oxygens (including phenoxy) is 1. The Balaban J connectivity index is 1.41. The molecule has 0 radical (unpaired) electrons. The fraction of sp³-hybridized carbons (Fsp3) is 0.259. The van der Waals surface area contributed by atoms with Crippen molar-refractivity contribution in [1.29, 1.82) is 0 Å². The van der Waals surface area contributed by atoms with Gasteiger partial charge >= 0.3 is 11.7 Å². The Labute approximate surface area is 224 Å². The highest BCUT2D eigenvalue weighted by Gasteiger charge is 2.28. The summed E-state index contributed by atoms with van der Waals surface area (Å²) in [5.41, 5.74) is -1.54. The van der Waals surface area contributed by atoms with Crippen molar-refractivity contribution in [2.24, 2.45) is 0 Å². The molecule has 0 unspecified atom stereocenters. The van der Waals surface area contributed by atoms with Gasteiger partial charge in [0.05, 0.1) is 29.9 Å². The maximum Gasteiger partial charge on any atom is 0.356 e. The van der Waals surface area contributed by atoms with E-state index in [1.54, 1.807) is 0 Å². The SMILES string of the molecule is COC(=O)c1ccc(C(=O)N[C@H]2CC[C@@H](n3c(=O)c4cc(F)cnc4n(-c4ccc(F)c(F)c4)c3=O)CC2)cn1. The number of amides is 1. The van der Waals surface area contributed by atoms with Crippen molar-refractivity contribution in [2.75, 3.05) is 7.11 Å². The fourth-order valence-corrected chi connectivity index (χ4v) is 4.86. The van der Waals surface area contributed by atoms with Crippen LogP contribution >= 0.6 is 0 Å². The van der Waals surface area contributed by atoms with Crippen molar-refractivity contribution in [3.05, 3.63) is 98.3 Å². The molecule has 0 bridgehead atoms. The molecule has 0 atom stereocenters. The number of carbonyl (C=O) groups is 2. The van der Waals surface area contributed by atoms with E-state index in [9.17, 15) is 32.3 Å². The summed E-state index contributed by atoms with van der Waals surface area (Å²) in [5.74, 6) is -4.16. The van der Waals surface area contributed by atoms with Crippen LogP contribution in [0, 0.1) is 17.5 Å². The smallest absolute Gasteiger partial charge is 0.356 e. The molecule has 1 amide bonds. The normalized spacial score (nSPS) is 17.0. The minimum Gasteiger partial charge on any atom is -0.464 e. The molecule has 3 heterocycles. The Bertz CT molecular complexity index is 1740. The van der Waals surface area contributed by atoms with Gasteiger partial charge in [0, 0.05) is 24.3 Å². The summed E-state index contributed by atoms with van der Waals surface area (Å²) in [7, 11) is 1.22. The van der Waals surface area contributed by atoms with Crippen LogP contribution in [0.5, 0.6) is 0 Å². The van der Waals surface area contributed by atoms with E-state index in [4.69, 9.17) is 0 Å². The van der Waals surface area contributed by atoms with Gasteiger partial charge < -0.3 is 10.1 Å². The molecule has 0 aliphatic heterocycles. The summed E-state index contributed by atoms with van der Waals surface area (Å²) >= 11 is 0. The summed E-state index contributed by atoms with van der Waals surface area (Å²) in [6, 6.07) is 5.71. The van der Waals surface area contributed by atoms with Gasteiger partial charge in [0.1, 0.15) is 11.5 Å². The first kappa shape index (κ1) is 26.8. The van der Waals surface area contributed by atoms with Gasteiger partial charge in [0.15, 0.2) is 17.3 Å². The average molecular weight is 553 g/mol. The van der Waals surface area contributed by atoms with Crippen LogP contribution in [-0.2, 0) is 4.74 Å². The molecule has 1 aliphatic carbocycles. The lowest BCUT2D eigenvalue weighted by Crippen LogP contribution is -2.45. The summed E-state index contributed by atoms with van der Waals surface area (Å²) < 4.78 is 48.2. The van der Waals surface area contributed by atoms with Crippen LogP contribution in [0.1, 0.15) is 52.6 Å². The summed E-state index contributed by atoms with van der Waals surface area (Å²) in [6.07, 6.45) is 3.57. The average Bonchev–Trinajstić information content (AvgIpc) is 2.96. The zero-order valence-electron chi connectivity index (χ0n) is 21.1. The van der Waals surface area contributed by atoms with Gasteiger partial charge in [-0.05, 0) is 56.0 Å². The molecule has 1 aliphatic rings. The van der Waals surface area contributed by atoms with Gasteiger partial charge in [-0.25, -0.2) is 37.3 Å². The molecule has 1 fully saturated rings. The number of hydrogen-bond acceptors (Lipinski definition) is 7. The lowest BCUT2D eigenvalue weighted by molar-refractivity contribution is 0.0593. The lowest BCUT2D eigenvalue weighted by Gasteiger charge is -2.30. The molecular weight excluding hydrogens is 531 g/mol. The Kier molecular flexibility index (Phi) is 7.20. The summed E-state index contributed by atoms with van der Waals surface area (Å²) in [5, 5.41) is 2.69. The highest BCUT2D eigenvalue weighted by Crippen LogP contribution is 2.28. The molecular formula is C27H22F3N5O5. The number of nitrogens with zero attached hydrogens (tertiary/aromatic N) is 4. The largest absolute Gasteiger partial charge is 0.464 e. The molecule has 5 rings (SSSR count). The van der Waals surface area contributed by atoms with E-state index in [-0.39, 0.29) is 34.0 Å². The molecule has 0 spiro atoms. The van der Waals surface area contributed by atoms with E-state index in [0.29, 0.717) is 25.7 Å². The summed E-state index contributed by atoms with van der Waals surface area (Å²) in [4.78, 5) is 59.0. The fourth-order valence-electron chi connectivity index (χ4n) is 4.86. The quantitative estimate of drug-likeness (QED) is 0.377. The van der Waals surface area contributed by atoms with Gasteiger partial charge in [-0.15, -0.1) is 0 Å². The maximum atomic E-state index is 14.1. The van der Waals surface area contributed by atoms with Crippen molar-refractivity contribution < 1.29 is 27.5 Å². The topological polar surface area (TPSA) is 125 Å². The molecule has 1 saturated carbocycles. The highest BCUT2D eigenvalue weighted by atomic mass is 19.2. The highest BCUT2D eigenvalue weighted by molar-refractivity contribution is 5.95. The zero-order chi connectivity index (χ0) is 28.6. The van der Waals surface area contributed by atoms with Crippen LogP contribution in [0.15, 0.2) is 58.4 Å². The Hall–Kier alpha value is -4.81. The number of nitrogens with one attached hydrogen (secondary N) is 1. The maximum absolute atomic E-state index is 14.1. The van der Waals surface area contributed by atoms with Crippen molar-refractivity contribution in [3.8, 4) is 5.69 Å². The minimum absolute atomic E-state index is 0.0597. The molecule has 10 nitrogen and oxygen atoms in total. The van der Waals surface area contributed by atoms with Gasteiger partial charge in [-0.3, -0.25) is 14.2 Å². The van der Waals surface area contributed by atoms with Crippen LogP contribution in [0.25, 0.3) is 16.7 Å². The van der Waals surface area contributed by atoms with Crippen LogP contribution in [0.3, 0.4) is 0 Å². The van der Waals surface area contributed by atoms with E-state index >= 15 is 0 Å². The number of rotatable bonds is 5. The second kappa shape index (κ2) is 10.8. The number of hydrogen-bond donors (Lipinski definition) is 1. The second-order valence-electron chi connectivity index (χ2n) is 9.32. The number of methoxy groups -OCH3 is 1. The first-order valence-corrected chi connectivity index (χ1v) is 12.3. The number of benzene rings is 1. The number of pyridine rings is 2. The van der Waals surface area contributed by atoms with Crippen LogP contribution in [0.2, 0.25) is 0 Å². The first-order valence-electron chi connectivity index (χ1n) is 12.3.